The van der Waals surface area contributed by atoms with Crippen molar-refractivity contribution in [3.8, 4) is 0 Å². The summed E-state index contributed by atoms with van der Waals surface area (Å²) in [6, 6.07) is 0.159. The second-order valence-electron chi connectivity index (χ2n) is 4.76. The van der Waals surface area contributed by atoms with Gasteiger partial charge in [0.15, 0.2) is 0 Å². The zero-order valence-corrected chi connectivity index (χ0v) is 9.72. The summed E-state index contributed by atoms with van der Waals surface area (Å²) in [7, 11) is 0. The average Bonchev–Trinajstić information content (AvgIpc) is 2.79. The lowest BCUT2D eigenvalue weighted by Gasteiger charge is -2.32. The van der Waals surface area contributed by atoms with E-state index in [0.717, 1.165) is 25.7 Å². The number of fused-ring (bicyclic) bond motifs is 2. The van der Waals surface area contributed by atoms with Gasteiger partial charge < -0.3 is 9.84 Å². The Morgan fingerprint density at radius 1 is 1.47 bits per heavy atom. The first-order valence-corrected chi connectivity index (χ1v) is 5.88. The second-order valence-corrected chi connectivity index (χ2v) is 4.76. The minimum absolute atomic E-state index is 0.0205. The molecule has 2 saturated heterocycles. The van der Waals surface area contributed by atoms with E-state index in [4.69, 9.17) is 9.84 Å². The Bertz CT molecular complexity index is 344. The zero-order chi connectivity index (χ0) is 12.5. The van der Waals surface area contributed by atoms with Gasteiger partial charge >= 0.3 is 12.1 Å². The number of rotatable bonds is 4. The molecule has 1 amide bonds. The van der Waals surface area contributed by atoms with E-state index < -0.39 is 17.6 Å². The molecule has 94 valence electrons. The third-order valence-electron chi connectivity index (χ3n) is 3.76. The molecule has 2 rings (SSSR count). The summed E-state index contributed by atoms with van der Waals surface area (Å²) in [5.74, 6) is -0.853. The van der Waals surface area contributed by atoms with Crippen LogP contribution in [0.15, 0.2) is 12.7 Å². The molecule has 0 atom stereocenters. The first-order valence-electron chi connectivity index (χ1n) is 5.88. The van der Waals surface area contributed by atoms with Gasteiger partial charge in [0.2, 0.25) is 0 Å². The van der Waals surface area contributed by atoms with Gasteiger partial charge in [-0.1, -0.05) is 12.7 Å². The molecular formula is C12H17NO4. The van der Waals surface area contributed by atoms with E-state index >= 15 is 0 Å². The molecule has 2 aliphatic rings. The first-order chi connectivity index (χ1) is 8.09. The highest BCUT2D eigenvalue weighted by Crippen LogP contribution is 2.48. The molecule has 5 heteroatoms. The molecular weight excluding hydrogens is 222 g/mol. The van der Waals surface area contributed by atoms with Crippen molar-refractivity contribution < 1.29 is 19.4 Å². The van der Waals surface area contributed by atoms with Gasteiger partial charge in [0.25, 0.3) is 0 Å². The molecule has 0 aliphatic carbocycles. The van der Waals surface area contributed by atoms with Gasteiger partial charge in [-0.2, -0.15) is 0 Å². The van der Waals surface area contributed by atoms with Gasteiger partial charge in [0.1, 0.15) is 6.61 Å². The molecule has 2 heterocycles. The van der Waals surface area contributed by atoms with Gasteiger partial charge in [-0.15, -0.1) is 0 Å². The van der Waals surface area contributed by atoms with E-state index in [1.807, 2.05) is 0 Å². The van der Waals surface area contributed by atoms with Crippen LogP contribution in [0.2, 0.25) is 0 Å². The van der Waals surface area contributed by atoms with Crippen molar-refractivity contribution in [1.29, 1.82) is 0 Å². The normalized spacial score (nSPS) is 30.4. The van der Waals surface area contributed by atoms with Crippen LogP contribution in [0.4, 0.5) is 4.79 Å². The van der Waals surface area contributed by atoms with Crippen LogP contribution in [-0.4, -0.2) is 40.3 Å². The fourth-order valence-corrected chi connectivity index (χ4v) is 3.11. The lowest BCUT2D eigenvalue weighted by atomic mass is 9.85. The molecule has 2 fully saturated rings. The number of ether oxygens (including phenoxy) is 1. The van der Waals surface area contributed by atoms with E-state index in [1.54, 1.807) is 4.90 Å². The Morgan fingerprint density at radius 2 is 2.12 bits per heavy atom. The van der Waals surface area contributed by atoms with Crippen LogP contribution in [-0.2, 0) is 9.53 Å². The average molecular weight is 239 g/mol. The fourth-order valence-electron chi connectivity index (χ4n) is 3.11. The molecule has 0 radical (unpaired) electrons. The summed E-state index contributed by atoms with van der Waals surface area (Å²) in [4.78, 5) is 24.5. The Balaban J connectivity index is 2.12. The van der Waals surface area contributed by atoms with Gasteiger partial charge in [0.05, 0.1) is 12.0 Å². The predicted molar refractivity (Wildman–Crippen MR) is 60.6 cm³/mol. The summed E-state index contributed by atoms with van der Waals surface area (Å²) in [6.45, 7) is 3.66. The summed E-state index contributed by atoms with van der Waals surface area (Å²) in [5, 5.41) is 8.97. The largest absolute Gasteiger partial charge is 0.481 e. The molecule has 0 aromatic carbocycles. The highest BCUT2D eigenvalue weighted by Gasteiger charge is 2.55. The van der Waals surface area contributed by atoms with Crippen molar-refractivity contribution in [2.75, 3.05) is 6.61 Å². The Kier molecular flexibility index (Phi) is 3.09. The molecule has 0 aromatic heterocycles. The smallest absolute Gasteiger partial charge is 0.410 e. The number of carboxylic acids is 1. The van der Waals surface area contributed by atoms with Crippen molar-refractivity contribution in [2.45, 2.75) is 43.7 Å². The third-order valence-corrected chi connectivity index (χ3v) is 3.76. The van der Waals surface area contributed by atoms with Crippen LogP contribution in [0, 0.1) is 0 Å². The van der Waals surface area contributed by atoms with E-state index in [-0.39, 0.29) is 19.1 Å². The number of aliphatic carboxylic acids is 1. The van der Waals surface area contributed by atoms with Crippen molar-refractivity contribution in [3.63, 3.8) is 0 Å². The summed E-state index contributed by atoms with van der Waals surface area (Å²) in [5.41, 5.74) is -0.505. The molecule has 0 aromatic rings. The number of carbonyl (C=O) groups excluding carboxylic acids is 1. The third kappa shape index (κ3) is 2.01. The summed E-state index contributed by atoms with van der Waals surface area (Å²) >= 11 is 0. The van der Waals surface area contributed by atoms with Crippen LogP contribution in [0.25, 0.3) is 0 Å². The maximum atomic E-state index is 11.9. The van der Waals surface area contributed by atoms with Crippen molar-refractivity contribution in [2.24, 2.45) is 0 Å². The monoisotopic (exact) mass is 239 g/mol. The van der Waals surface area contributed by atoms with Gasteiger partial charge in [-0.05, 0) is 25.7 Å². The number of amides is 1. The minimum atomic E-state index is -0.853. The van der Waals surface area contributed by atoms with Crippen LogP contribution in [0.3, 0.4) is 0 Å². The topological polar surface area (TPSA) is 66.8 Å². The molecule has 0 saturated carbocycles. The van der Waals surface area contributed by atoms with Crippen LogP contribution in [0.1, 0.15) is 32.1 Å². The van der Waals surface area contributed by atoms with Crippen LogP contribution < -0.4 is 0 Å². The minimum Gasteiger partial charge on any atom is -0.481 e. The van der Waals surface area contributed by atoms with E-state index in [9.17, 15) is 9.59 Å². The predicted octanol–water partition coefficient (Wildman–Crippen LogP) is 1.78. The highest BCUT2D eigenvalue weighted by atomic mass is 16.6. The Morgan fingerprint density at radius 3 is 2.65 bits per heavy atom. The quantitative estimate of drug-likeness (QED) is 0.759. The Hall–Kier alpha value is -1.52. The lowest BCUT2D eigenvalue weighted by molar-refractivity contribution is -0.139. The van der Waals surface area contributed by atoms with Crippen LogP contribution >= 0.6 is 0 Å². The zero-order valence-electron chi connectivity index (χ0n) is 9.72. The number of nitrogens with zero attached hydrogens (tertiary/aromatic N) is 1. The van der Waals surface area contributed by atoms with Gasteiger partial charge in [-0.25, -0.2) is 4.79 Å². The molecule has 5 nitrogen and oxygen atoms in total. The number of hydrogen-bond donors (Lipinski definition) is 1. The number of carboxylic acid groups (broad SMARTS) is 1. The second kappa shape index (κ2) is 4.39. The first kappa shape index (κ1) is 12.0. The highest BCUT2D eigenvalue weighted by molar-refractivity contribution is 5.74. The lowest BCUT2D eigenvalue weighted by Crippen LogP contribution is -2.46. The maximum Gasteiger partial charge on any atom is 0.410 e. The maximum absolute atomic E-state index is 11.9. The van der Waals surface area contributed by atoms with Crippen molar-refractivity contribution >= 4 is 12.1 Å². The summed E-state index contributed by atoms with van der Waals surface area (Å²) in [6.07, 6.45) is 4.45. The SMILES string of the molecule is C=CCOC(=O)N1C2CCC1(CC(=O)O)CC2. The fraction of sp³-hybridized carbons (Fsp3) is 0.667. The van der Waals surface area contributed by atoms with E-state index in [1.165, 1.54) is 6.08 Å². The van der Waals surface area contributed by atoms with Crippen molar-refractivity contribution in [1.82, 2.24) is 4.90 Å². The molecule has 17 heavy (non-hydrogen) atoms. The standard InChI is InChI=1S/C12H17NO4/c1-2-7-17-11(16)13-9-3-5-12(13,6-4-9)8-10(14)15/h2,9H,1,3-8H2,(H,14,15). The Labute approximate surface area is 100 Å². The van der Waals surface area contributed by atoms with Crippen LogP contribution in [0.5, 0.6) is 0 Å². The van der Waals surface area contributed by atoms with Gasteiger partial charge in [-0.3, -0.25) is 9.69 Å². The molecule has 0 unspecified atom stereocenters. The number of hydrogen-bond acceptors (Lipinski definition) is 3. The van der Waals surface area contributed by atoms with Gasteiger partial charge in [0, 0.05) is 6.04 Å². The molecule has 2 aliphatic heterocycles. The van der Waals surface area contributed by atoms with Crippen molar-refractivity contribution in [3.05, 3.63) is 12.7 Å². The van der Waals surface area contributed by atoms with E-state index in [2.05, 4.69) is 6.58 Å². The van der Waals surface area contributed by atoms with E-state index in [0.29, 0.717) is 0 Å². The summed E-state index contributed by atoms with van der Waals surface area (Å²) < 4.78 is 5.04. The molecule has 2 bridgehead atoms. The molecule has 1 N–H and O–H groups in total. The molecule has 0 spiro atoms. The number of carbonyl (C=O) groups is 2.